The van der Waals surface area contributed by atoms with Crippen molar-refractivity contribution in [2.75, 3.05) is 6.61 Å². The molecule has 0 amide bonds. The van der Waals surface area contributed by atoms with Gasteiger partial charge in [0.25, 0.3) is 0 Å². The molecular weight excluding hydrogens is 335 g/mol. The molecule has 26 heavy (non-hydrogen) atoms. The van der Waals surface area contributed by atoms with Crippen molar-refractivity contribution in [3.05, 3.63) is 83.4 Å². The smallest absolute Gasteiger partial charge is 0.225 e. The van der Waals surface area contributed by atoms with Crippen LogP contribution in [0.3, 0.4) is 0 Å². The summed E-state index contributed by atoms with van der Waals surface area (Å²) in [5.74, 6) is 0.886. The Kier molecular flexibility index (Phi) is 3.03. The molecule has 1 N–H and O–H groups in total. The third-order valence-electron chi connectivity index (χ3n) is 4.66. The summed E-state index contributed by atoms with van der Waals surface area (Å²) in [5.41, 5.74) is 0.767. The van der Waals surface area contributed by atoms with Crippen LogP contribution in [-0.4, -0.2) is 22.6 Å². The van der Waals surface area contributed by atoms with Crippen LogP contribution in [0.5, 0.6) is 17.2 Å². The zero-order valence-corrected chi connectivity index (χ0v) is 13.5. The number of hydrogen-bond acceptors (Lipinski definition) is 5. The monoisotopic (exact) mass is 348 g/mol. The summed E-state index contributed by atoms with van der Waals surface area (Å²) in [6, 6.07) is 15.6. The van der Waals surface area contributed by atoms with E-state index in [0.717, 1.165) is 5.56 Å². The predicted molar refractivity (Wildman–Crippen MR) is 92.1 cm³/mol. The first kappa shape index (κ1) is 14.9. The summed E-state index contributed by atoms with van der Waals surface area (Å²) < 4.78 is 25.9. The molecule has 1 spiro atoms. The summed E-state index contributed by atoms with van der Waals surface area (Å²) in [6.45, 7) is 0.174. The first-order valence-corrected chi connectivity index (χ1v) is 8.12. The Morgan fingerprint density at radius 2 is 1.85 bits per heavy atom. The molecule has 0 bridgehead atoms. The van der Waals surface area contributed by atoms with E-state index in [1.807, 2.05) is 24.3 Å². The van der Waals surface area contributed by atoms with Gasteiger partial charge in [-0.25, -0.2) is 9.98 Å². The maximum Gasteiger partial charge on any atom is 0.225 e. The fourth-order valence-corrected chi connectivity index (χ4v) is 3.46. The second-order valence-corrected chi connectivity index (χ2v) is 6.19. The summed E-state index contributed by atoms with van der Waals surface area (Å²) in [4.78, 5) is 8.43. The van der Waals surface area contributed by atoms with Gasteiger partial charge in [-0.05, 0) is 36.4 Å². The number of nitrogens with zero attached hydrogens (tertiary/aromatic N) is 2. The fourth-order valence-electron chi connectivity index (χ4n) is 3.46. The number of ether oxygens (including phenoxy) is 2. The number of rotatable bonds is 1. The second kappa shape index (κ2) is 5.29. The van der Waals surface area contributed by atoms with Crippen molar-refractivity contribution in [1.82, 2.24) is 4.98 Å². The van der Waals surface area contributed by atoms with Gasteiger partial charge in [0, 0.05) is 17.3 Å². The fraction of sp³-hybridized carbons (Fsp3) is 0.100. The summed E-state index contributed by atoms with van der Waals surface area (Å²) in [5, 5.41) is 9.99. The lowest BCUT2D eigenvalue weighted by Gasteiger charge is -2.33. The summed E-state index contributed by atoms with van der Waals surface area (Å²) in [6.07, 6.45) is 1.38. The van der Waals surface area contributed by atoms with Crippen molar-refractivity contribution < 1.29 is 19.0 Å². The van der Waals surface area contributed by atoms with Gasteiger partial charge in [-0.1, -0.05) is 18.2 Å². The van der Waals surface area contributed by atoms with E-state index in [4.69, 9.17) is 14.5 Å². The van der Waals surface area contributed by atoms with Crippen LogP contribution in [0.15, 0.2) is 65.8 Å². The standard InChI is InChI=1S/C20H13FN2O3/c21-18-13(4-3-9-22-18)19-23-20(11-25-19)14-5-1-2-6-16(14)26-17-8-7-12(24)10-15(17)20/h1-10,24H,11H2. The Hall–Kier alpha value is -3.41. The topological polar surface area (TPSA) is 63.9 Å². The maximum atomic E-state index is 14.1. The number of halogens is 1. The van der Waals surface area contributed by atoms with Crippen LogP contribution < -0.4 is 4.74 Å². The number of pyridine rings is 1. The highest BCUT2D eigenvalue weighted by atomic mass is 19.1. The van der Waals surface area contributed by atoms with Gasteiger partial charge in [-0.2, -0.15) is 4.39 Å². The molecule has 2 aliphatic heterocycles. The number of aliphatic imine (C=N–C) groups is 1. The lowest BCUT2D eigenvalue weighted by atomic mass is 9.81. The van der Waals surface area contributed by atoms with Crippen LogP contribution in [0.2, 0.25) is 0 Å². The van der Waals surface area contributed by atoms with Gasteiger partial charge < -0.3 is 14.6 Å². The number of phenols is 1. The van der Waals surface area contributed by atoms with Gasteiger partial charge in [0.1, 0.15) is 23.9 Å². The first-order chi connectivity index (χ1) is 12.7. The van der Waals surface area contributed by atoms with Gasteiger partial charge in [0.15, 0.2) is 5.54 Å². The molecule has 0 fully saturated rings. The van der Waals surface area contributed by atoms with E-state index in [-0.39, 0.29) is 23.8 Å². The molecule has 5 nitrogen and oxygen atoms in total. The summed E-state index contributed by atoms with van der Waals surface area (Å²) >= 11 is 0. The van der Waals surface area contributed by atoms with E-state index in [2.05, 4.69) is 4.98 Å². The molecule has 3 heterocycles. The third kappa shape index (κ3) is 2.02. The molecule has 0 saturated heterocycles. The number of fused-ring (bicyclic) bond motifs is 4. The van der Waals surface area contributed by atoms with Gasteiger partial charge in [-0.15, -0.1) is 0 Å². The minimum atomic E-state index is -0.916. The molecule has 1 atom stereocenters. The number of aromatic nitrogens is 1. The minimum absolute atomic E-state index is 0.0994. The van der Waals surface area contributed by atoms with Crippen molar-refractivity contribution in [1.29, 1.82) is 0 Å². The number of aromatic hydroxyl groups is 1. The zero-order chi connectivity index (χ0) is 17.7. The van der Waals surface area contributed by atoms with E-state index in [9.17, 15) is 9.50 Å². The van der Waals surface area contributed by atoms with E-state index in [1.54, 1.807) is 30.3 Å². The Morgan fingerprint density at radius 3 is 2.73 bits per heavy atom. The molecule has 5 rings (SSSR count). The Morgan fingerprint density at radius 1 is 1.00 bits per heavy atom. The Labute approximate surface area is 148 Å². The minimum Gasteiger partial charge on any atom is -0.508 e. The quantitative estimate of drug-likeness (QED) is 0.680. The van der Waals surface area contributed by atoms with Crippen molar-refractivity contribution in [3.63, 3.8) is 0 Å². The van der Waals surface area contributed by atoms with Crippen LogP contribution >= 0.6 is 0 Å². The molecule has 2 aromatic carbocycles. The van der Waals surface area contributed by atoms with E-state index in [0.29, 0.717) is 17.1 Å². The molecule has 1 unspecified atom stereocenters. The van der Waals surface area contributed by atoms with Gasteiger partial charge in [0.2, 0.25) is 11.8 Å². The Balaban J connectivity index is 1.76. The van der Waals surface area contributed by atoms with E-state index in [1.165, 1.54) is 6.20 Å². The van der Waals surface area contributed by atoms with Crippen LogP contribution in [0.4, 0.5) is 4.39 Å². The largest absolute Gasteiger partial charge is 0.508 e. The van der Waals surface area contributed by atoms with Crippen molar-refractivity contribution >= 4 is 5.90 Å². The van der Waals surface area contributed by atoms with E-state index >= 15 is 0 Å². The third-order valence-corrected chi connectivity index (χ3v) is 4.66. The van der Waals surface area contributed by atoms with Gasteiger partial charge in [-0.3, -0.25) is 0 Å². The number of para-hydroxylation sites is 1. The number of phenolic OH excluding ortho intramolecular Hbond substituents is 1. The highest BCUT2D eigenvalue weighted by molar-refractivity contribution is 5.96. The molecule has 3 aromatic rings. The highest BCUT2D eigenvalue weighted by Gasteiger charge is 2.47. The van der Waals surface area contributed by atoms with Crippen molar-refractivity contribution in [2.45, 2.75) is 5.54 Å². The average molecular weight is 348 g/mol. The molecule has 6 heteroatoms. The molecular formula is C20H13FN2O3. The van der Waals surface area contributed by atoms with Crippen molar-refractivity contribution in [2.24, 2.45) is 4.99 Å². The normalized spacial score (nSPS) is 20.0. The van der Waals surface area contributed by atoms with Crippen LogP contribution in [0.25, 0.3) is 0 Å². The molecule has 0 radical (unpaired) electrons. The van der Waals surface area contributed by atoms with Gasteiger partial charge >= 0.3 is 0 Å². The second-order valence-electron chi connectivity index (χ2n) is 6.19. The highest BCUT2D eigenvalue weighted by Crippen LogP contribution is 2.51. The van der Waals surface area contributed by atoms with Crippen LogP contribution in [0, 0.1) is 5.95 Å². The summed E-state index contributed by atoms with van der Waals surface area (Å²) in [7, 11) is 0. The number of benzene rings is 2. The first-order valence-electron chi connectivity index (χ1n) is 8.12. The SMILES string of the molecule is Oc1ccc2c(c1)C1(COC(c3cccnc3F)=N1)c1ccccc1O2. The lowest BCUT2D eigenvalue weighted by molar-refractivity contribution is 0.266. The molecule has 0 saturated carbocycles. The molecule has 128 valence electrons. The zero-order valence-electron chi connectivity index (χ0n) is 13.5. The number of hydrogen-bond donors (Lipinski definition) is 1. The van der Waals surface area contributed by atoms with Crippen molar-refractivity contribution in [3.8, 4) is 17.2 Å². The van der Waals surface area contributed by atoms with E-state index < -0.39 is 11.5 Å². The molecule has 1 aromatic heterocycles. The van der Waals surface area contributed by atoms with Gasteiger partial charge in [0.05, 0.1) is 5.56 Å². The predicted octanol–water partition coefficient (Wildman–Crippen LogP) is 3.75. The maximum absolute atomic E-state index is 14.1. The molecule has 2 aliphatic rings. The average Bonchev–Trinajstić information content (AvgIpc) is 3.09. The van der Waals surface area contributed by atoms with Crippen LogP contribution in [0.1, 0.15) is 16.7 Å². The molecule has 0 aliphatic carbocycles. The lowest BCUT2D eigenvalue weighted by Crippen LogP contribution is -2.30. The van der Waals surface area contributed by atoms with Crippen LogP contribution in [-0.2, 0) is 10.3 Å². The Bertz CT molecular complexity index is 1070.